The van der Waals surface area contributed by atoms with Crippen molar-refractivity contribution >= 4 is 52.6 Å². The number of nitrogens with zero attached hydrogens (tertiary/aromatic N) is 3. The Morgan fingerprint density at radius 3 is 2.59 bits per heavy atom. The zero-order valence-corrected chi connectivity index (χ0v) is 25.1. The number of hydrogen-bond donors (Lipinski definition) is 3. The van der Waals surface area contributed by atoms with E-state index in [4.69, 9.17) is 20.6 Å². The van der Waals surface area contributed by atoms with Crippen LogP contribution in [-0.4, -0.2) is 46.0 Å². The molecule has 0 saturated heterocycles. The molecule has 2 unspecified atom stereocenters. The maximum atomic E-state index is 13.5. The first-order valence-corrected chi connectivity index (χ1v) is 13.0. The number of aromatic nitrogens is 2. The highest BCUT2D eigenvalue weighted by molar-refractivity contribution is 14.0. The molecular formula is C26H33F2IN6O3S. The van der Waals surface area contributed by atoms with Crippen LogP contribution in [0.1, 0.15) is 69.3 Å². The van der Waals surface area contributed by atoms with Crippen molar-refractivity contribution in [1.29, 1.82) is 5.41 Å². The van der Waals surface area contributed by atoms with Gasteiger partial charge in [0.2, 0.25) is 0 Å². The van der Waals surface area contributed by atoms with E-state index in [-0.39, 0.29) is 52.9 Å². The lowest BCUT2D eigenvalue weighted by Gasteiger charge is -2.18. The maximum absolute atomic E-state index is 13.5. The van der Waals surface area contributed by atoms with Crippen LogP contribution in [0, 0.1) is 23.2 Å². The minimum Gasteiger partial charge on any atom is -0.494 e. The molecule has 2 aromatic rings. The van der Waals surface area contributed by atoms with Crippen LogP contribution in [0.25, 0.3) is 11.1 Å². The average molecular weight is 675 g/mol. The molecule has 2 aromatic heterocycles. The van der Waals surface area contributed by atoms with Crippen molar-refractivity contribution in [3.63, 3.8) is 0 Å². The average Bonchev–Trinajstić information content (AvgIpc) is 3.65. The van der Waals surface area contributed by atoms with E-state index in [1.165, 1.54) is 25.6 Å². The molecule has 1 aliphatic carbocycles. The SMILES string of the molecule is CC.COc1cnc(C(F)F)cc1-c1cc(C2CN=C(C)O2)ncc1C(=O)NC(N)SC(=N)C#CC1CC1.I.[HH]. The first-order valence-electron chi connectivity index (χ1n) is 12.1. The lowest BCUT2D eigenvalue weighted by molar-refractivity contribution is 0.0950. The monoisotopic (exact) mass is 674 g/mol. The van der Waals surface area contributed by atoms with Gasteiger partial charge in [0.05, 0.1) is 31.1 Å². The minimum atomic E-state index is -2.82. The number of amides is 1. The molecular weight excluding hydrogens is 641 g/mol. The summed E-state index contributed by atoms with van der Waals surface area (Å²) in [4.78, 5) is 25.5. The second-order valence-corrected chi connectivity index (χ2v) is 9.27. The van der Waals surface area contributed by atoms with Crippen LogP contribution in [0.2, 0.25) is 0 Å². The van der Waals surface area contributed by atoms with Crippen molar-refractivity contribution in [2.45, 2.75) is 51.6 Å². The molecule has 1 saturated carbocycles. The highest BCUT2D eigenvalue weighted by atomic mass is 127. The van der Waals surface area contributed by atoms with Gasteiger partial charge in [0.25, 0.3) is 12.3 Å². The molecule has 4 rings (SSSR count). The predicted molar refractivity (Wildman–Crippen MR) is 161 cm³/mol. The zero-order chi connectivity index (χ0) is 27.8. The van der Waals surface area contributed by atoms with Crippen molar-refractivity contribution < 1.29 is 24.5 Å². The summed E-state index contributed by atoms with van der Waals surface area (Å²) < 4.78 is 37.9. The van der Waals surface area contributed by atoms with Crippen LogP contribution in [0.5, 0.6) is 5.75 Å². The predicted octanol–water partition coefficient (Wildman–Crippen LogP) is 5.57. The highest BCUT2D eigenvalue weighted by Gasteiger charge is 2.26. The van der Waals surface area contributed by atoms with Crippen LogP contribution in [0.15, 0.2) is 29.5 Å². The number of thioether (sulfide) groups is 1. The van der Waals surface area contributed by atoms with Gasteiger partial charge in [-0.05, 0) is 30.9 Å². The van der Waals surface area contributed by atoms with Crippen LogP contribution < -0.4 is 15.8 Å². The summed E-state index contributed by atoms with van der Waals surface area (Å²) in [6, 6.07) is 2.76. The van der Waals surface area contributed by atoms with Gasteiger partial charge in [-0.25, -0.2) is 8.78 Å². The molecule has 1 amide bonds. The van der Waals surface area contributed by atoms with Gasteiger partial charge in [0.1, 0.15) is 22.0 Å². The number of alkyl halides is 2. The Kier molecular flexibility index (Phi) is 12.5. The summed E-state index contributed by atoms with van der Waals surface area (Å²) in [5.41, 5.74) is 5.65. The number of carbonyl (C=O) groups is 1. The quantitative estimate of drug-likeness (QED) is 0.115. The molecule has 1 aliphatic heterocycles. The summed E-state index contributed by atoms with van der Waals surface area (Å²) in [5.74, 6) is 6.12. The van der Waals surface area contributed by atoms with Crippen LogP contribution in [0.3, 0.4) is 0 Å². The Labute approximate surface area is 249 Å². The molecule has 0 bridgehead atoms. The van der Waals surface area contributed by atoms with E-state index in [1.807, 2.05) is 13.8 Å². The zero-order valence-electron chi connectivity index (χ0n) is 22.0. The second kappa shape index (κ2) is 15.1. The van der Waals surface area contributed by atoms with E-state index in [9.17, 15) is 13.6 Å². The third-order valence-electron chi connectivity index (χ3n) is 5.40. The van der Waals surface area contributed by atoms with E-state index < -0.39 is 29.6 Å². The topological polar surface area (TPSA) is 136 Å². The third kappa shape index (κ3) is 8.84. The van der Waals surface area contributed by atoms with Gasteiger partial charge in [-0.1, -0.05) is 31.5 Å². The fourth-order valence-electron chi connectivity index (χ4n) is 3.44. The molecule has 0 spiro atoms. The van der Waals surface area contributed by atoms with E-state index in [0.717, 1.165) is 24.6 Å². The standard InChI is InChI=1S/C24H24F2N6O3S.C2H6.HI.H2/c1-12-29-11-20(35-12)17-7-14(15-8-18(22(25)26)31-10-19(15)34-2)16(9-30-17)23(33)32-24(28)36-21(27)6-5-13-3-4-13;1-2;;/h7-10,13,20,22,24,27H,3-4,11,28H2,1-2H3,(H,32,33);1-2H3;2*1H. The first-order chi connectivity index (χ1) is 18.2. The van der Waals surface area contributed by atoms with Crippen LogP contribution >= 0.6 is 35.7 Å². The number of methoxy groups -OCH3 is 1. The lowest BCUT2D eigenvalue weighted by Crippen LogP contribution is -2.40. The van der Waals surface area contributed by atoms with Gasteiger partial charge in [0, 0.05) is 31.6 Å². The molecule has 13 heteroatoms. The Bertz CT molecular complexity index is 1290. The maximum Gasteiger partial charge on any atom is 0.280 e. The number of nitrogens with two attached hydrogens (primary N) is 1. The normalized spacial score (nSPS) is 16.3. The van der Waals surface area contributed by atoms with Crippen molar-refractivity contribution in [2.24, 2.45) is 16.6 Å². The summed E-state index contributed by atoms with van der Waals surface area (Å²) in [6.45, 7) is 6.06. The highest BCUT2D eigenvalue weighted by Crippen LogP contribution is 2.36. The van der Waals surface area contributed by atoms with Crippen LogP contribution in [0.4, 0.5) is 8.78 Å². The van der Waals surface area contributed by atoms with Crippen LogP contribution in [-0.2, 0) is 4.74 Å². The molecule has 0 radical (unpaired) electrons. The van der Waals surface area contributed by atoms with Gasteiger partial charge in [-0.2, -0.15) is 0 Å². The van der Waals surface area contributed by atoms with Crippen molar-refractivity contribution in [2.75, 3.05) is 13.7 Å². The number of halogens is 3. The fourth-order valence-corrected chi connectivity index (χ4v) is 3.97. The lowest BCUT2D eigenvalue weighted by atomic mass is 9.98. The second-order valence-electron chi connectivity index (χ2n) is 8.12. The number of nitrogens with one attached hydrogen (secondary N) is 2. The summed E-state index contributed by atoms with van der Waals surface area (Å²) in [5, 5.41) is 10.6. The smallest absolute Gasteiger partial charge is 0.280 e. The van der Waals surface area contributed by atoms with Gasteiger partial charge in [-0.15, -0.1) is 24.0 Å². The van der Waals surface area contributed by atoms with E-state index >= 15 is 0 Å². The minimum absolute atomic E-state index is 0. The van der Waals surface area contributed by atoms with Gasteiger partial charge in [0.15, 0.2) is 12.0 Å². The van der Waals surface area contributed by atoms with Crippen molar-refractivity contribution in [1.82, 2.24) is 15.3 Å². The molecule has 3 heterocycles. The van der Waals surface area contributed by atoms with Gasteiger partial charge < -0.3 is 20.5 Å². The Morgan fingerprint density at radius 2 is 2.00 bits per heavy atom. The van der Waals surface area contributed by atoms with Crippen molar-refractivity contribution in [3.05, 3.63) is 41.5 Å². The first kappa shape index (κ1) is 32.4. The fraction of sp³-hybridized carbons (Fsp3) is 0.423. The molecule has 2 atom stereocenters. The summed E-state index contributed by atoms with van der Waals surface area (Å²) >= 11 is 0.898. The molecule has 0 aromatic carbocycles. The molecule has 212 valence electrons. The third-order valence-corrected chi connectivity index (χ3v) is 6.11. The largest absolute Gasteiger partial charge is 0.494 e. The Hall–Kier alpha value is -2.83. The van der Waals surface area contributed by atoms with E-state index in [0.29, 0.717) is 24.1 Å². The molecule has 39 heavy (non-hydrogen) atoms. The van der Waals surface area contributed by atoms with E-state index in [2.05, 4.69) is 32.1 Å². The number of carbonyl (C=O) groups excluding carboxylic acids is 1. The summed E-state index contributed by atoms with van der Waals surface area (Å²) in [7, 11) is 1.38. The summed E-state index contributed by atoms with van der Waals surface area (Å²) in [6.07, 6.45) is 1.27. The van der Waals surface area contributed by atoms with E-state index in [1.54, 1.807) is 13.0 Å². The molecule has 1 fully saturated rings. The molecule has 2 aliphatic rings. The van der Waals surface area contributed by atoms with Gasteiger partial charge in [-0.3, -0.25) is 25.2 Å². The Balaban J connectivity index is 0.00000196. The molecule has 4 N–H and O–H groups in total. The van der Waals surface area contributed by atoms with Gasteiger partial charge >= 0.3 is 0 Å². The number of pyridine rings is 2. The van der Waals surface area contributed by atoms with Crippen molar-refractivity contribution in [3.8, 4) is 28.7 Å². The number of rotatable bonds is 7. The number of hydrogen-bond acceptors (Lipinski definition) is 9. The Morgan fingerprint density at radius 1 is 1.28 bits per heavy atom. The number of aliphatic imine (C=N–C) groups is 1. The number of ether oxygens (including phenoxy) is 2. The molecule has 9 nitrogen and oxygen atoms in total.